The highest BCUT2D eigenvalue weighted by Crippen LogP contribution is 2.16. The summed E-state index contributed by atoms with van der Waals surface area (Å²) >= 11 is 3.30. The topological polar surface area (TPSA) is 0 Å². The Morgan fingerprint density at radius 1 is 1.50 bits per heavy atom. The van der Waals surface area contributed by atoms with E-state index in [0.717, 1.165) is 22.9 Å². The highest BCUT2D eigenvalue weighted by Gasteiger charge is 2.00. The van der Waals surface area contributed by atoms with Gasteiger partial charge in [-0.2, -0.15) is 0 Å². The Labute approximate surface area is 80.2 Å². The molecule has 1 aromatic rings. The zero-order valence-electron chi connectivity index (χ0n) is 6.69. The van der Waals surface area contributed by atoms with E-state index in [1.807, 2.05) is 0 Å². The van der Waals surface area contributed by atoms with Gasteiger partial charge in [0.2, 0.25) is 0 Å². The normalized spacial score (nSPS) is 9.83. The van der Waals surface area contributed by atoms with Crippen molar-refractivity contribution in [3.05, 3.63) is 46.7 Å². The first kappa shape index (κ1) is 9.46. The van der Waals surface area contributed by atoms with Gasteiger partial charge in [-0.25, -0.2) is 4.39 Å². The van der Waals surface area contributed by atoms with Crippen LogP contribution in [0.4, 0.5) is 4.39 Å². The molecule has 0 aliphatic carbocycles. The average molecular weight is 229 g/mol. The van der Waals surface area contributed by atoms with Gasteiger partial charge in [0.05, 0.1) is 0 Å². The van der Waals surface area contributed by atoms with Crippen LogP contribution in [0.5, 0.6) is 0 Å². The van der Waals surface area contributed by atoms with Gasteiger partial charge in [-0.1, -0.05) is 22.0 Å². The molecule has 0 aliphatic heterocycles. The maximum absolute atomic E-state index is 13.0. The van der Waals surface area contributed by atoms with Gasteiger partial charge in [0.15, 0.2) is 0 Å². The summed E-state index contributed by atoms with van der Waals surface area (Å²) in [5, 5.41) is 0. The summed E-state index contributed by atoms with van der Waals surface area (Å²) in [6.07, 6.45) is 3.32. The van der Waals surface area contributed by atoms with E-state index >= 15 is 0 Å². The molecule has 0 spiro atoms. The SMILES string of the molecule is C=CCCc1cc(Br)ccc1F. The fraction of sp³-hybridized carbons (Fsp3) is 0.200. The summed E-state index contributed by atoms with van der Waals surface area (Å²) < 4.78 is 14.0. The Hall–Kier alpha value is -0.630. The van der Waals surface area contributed by atoms with Crippen molar-refractivity contribution in [2.24, 2.45) is 0 Å². The average Bonchev–Trinajstić information content (AvgIpc) is 2.07. The number of hydrogen-bond acceptors (Lipinski definition) is 0. The minimum atomic E-state index is -0.139. The van der Waals surface area contributed by atoms with Crippen molar-refractivity contribution < 1.29 is 4.39 Å². The van der Waals surface area contributed by atoms with E-state index in [2.05, 4.69) is 22.5 Å². The van der Waals surface area contributed by atoms with Crippen LogP contribution in [0.2, 0.25) is 0 Å². The maximum atomic E-state index is 13.0. The van der Waals surface area contributed by atoms with Gasteiger partial charge in [0.1, 0.15) is 5.82 Å². The van der Waals surface area contributed by atoms with Gasteiger partial charge in [0, 0.05) is 4.47 Å². The predicted molar refractivity (Wildman–Crippen MR) is 52.6 cm³/mol. The van der Waals surface area contributed by atoms with Crippen molar-refractivity contribution in [2.45, 2.75) is 12.8 Å². The Morgan fingerprint density at radius 2 is 2.25 bits per heavy atom. The molecule has 0 aromatic heterocycles. The first-order valence-corrected chi connectivity index (χ1v) is 4.58. The Morgan fingerprint density at radius 3 is 2.92 bits per heavy atom. The number of rotatable bonds is 3. The van der Waals surface area contributed by atoms with E-state index in [4.69, 9.17) is 0 Å². The molecule has 0 bridgehead atoms. The maximum Gasteiger partial charge on any atom is 0.126 e. The van der Waals surface area contributed by atoms with E-state index in [1.54, 1.807) is 18.2 Å². The first-order valence-electron chi connectivity index (χ1n) is 3.79. The van der Waals surface area contributed by atoms with Gasteiger partial charge in [-0.15, -0.1) is 6.58 Å². The zero-order valence-corrected chi connectivity index (χ0v) is 8.27. The van der Waals surface area contributed by atoms with Crippen LogP contribution in [0.3, 0.4) is 0 Å². The Kier molecular flexibility index (Phi) is 3.48. The van der Waals surface area contributed by atoms with Crippen LogP contribution in [0.1, 0.15) is 12.0 Å². The first-order chi connectivity index (χ1) is 5.74. The summed E-state index contributed by atoms with van der Waals surface area (Å²) in [6.45, 7) is 3.59. The highest BCUT2D eigenvalue weighted by atomic mass is 79.9. The predicted octanol–water partition coefficient (Wildman–Crippen LogP) is 3.71. The quantitative estimate of drug-likeness (QED) is 0.693. The van der Waals surface area contributed by atoms with Crippen molar-refractivity contribution in [2.75, 3.05) is 0 Å². The Bertz CT molecular complexity index is 281. The second-order valence-electron chi connectivity index (χ2n) is 2.56. The van der Waals surface area contributed by atoms with E-state index in [-0.39, 0.29) is 5.82 Å². The molecular formula is C10H10BrF. The largest absolute Gasteiger partial charge is 0.207 e. The van der Waals surface area contributed by atoms with Gasteiger partial charge >= 0.3 is 0 Å². The molecular weight excluding hydrogens is 219 g/mol. The second-order valence-corrected chi connectivity index (χ2v) is 3.48. The summed E-state index contributed by atoms with van der Waals surface area (Å²) in [4.78, 5) is 0. The number of halogens is 2. The third-order valence-electron chi connectivity index (χ3n) is 1.63. The third kappa shape index (κ3) is 2.45. The molecule has 0 saturated carbocycles. The minimum Gasteiger partial charge on any atom is -0.207 e. The highest BCUT2D eigenvalue weighted by molar-refractivity contribution is 9.10. The van der Waals surface area contributed by atoms with Crippen molar-refractivity contribution in [3.8, 4) is 0 Å². The Balaban J connectivity index is 2.82. The van der Waals surface area contributed by atoms with Crippen LogP contribution < -0.4 is 0 Å². The fourth-order valence-electron chi connectivity index (χ4n) is 0.992. The molecule has 0 saturated heterocycles. The summed E-state index contributed by atoms with van der Waals surface area (Å²) in [7, 11) is 0. The number of allylic oxidation sites excluding steroid dienone is 1. The number of benzene rings is 1. The van der Waals surface area contributed by atoms with Crippen LogP contribution in [-0.4, -0.2) is 0 Å². The van der Waals surface area contributed by atoms with Gasteiger partial charge in [0.25, 0.3) is 0 Å². The molecule has 1 aromatic carbocycles. The molecule has 2 heteroatoms. The lowest BCUT2D eigenvalue weighted by atomic mass is 10.1. The summed E-state index contributed by atoms with van der Waals surface area (Å²) in [5.41, 5.74) is 0.740. The number of aryl methyl sites for hydroxylation is 1. The standard InChI is InChI=1S/C10H10BrF/c1-2-3-4-8-7-9(11)5-6-10(8)12/h2,5-7H,1,3-4H2. The van der Waals surface area contributed by atoms with Crippen molar-refractivity contribution in [1.82, 2.24) is 0 Å². The molecule has 0 atom stereocenters. The summed E-state index contributed by atoms with van der Waals surface area (Å²) in [6, 6.07) is 4.98. The van der Waals surface area contributed by atoms with Crippen LogP contribution in [0, 0.1) is 5.82 Å². The van der Waals surface area contributed by atoms with E-state index in [1.165, 1.54) is 6.07 Å². The lowest BCUT2D eigenvalue weighted by Crippen LogP contribution is -1.88. The molecule has 1 rings (SSSR count). The van der Waals surface area contributed by atoms with Crippen LogP contribution in [0.15, 0.2) is 35.3 Å². The second kappa shape index (κ2) is 4.41. The molecule has 0 nitrogen and oxygen atoms in total. The molecule has 12 heavy (non-hydrogen) atoms. The molecule has 64 valence electrons. The van der Waals surface area contributed by atoms with Crippen LogP contribution in [-0.2, 0) is 6.42 Å². The fourth-order valence-corrected chi connectivity index (χ4v) is 1.40. The minimum absolute atomic E-state index is 0.139. The lowest BCUT2D eigenvalue weighted by Gasteiger charge is -2.00. The monoisotopic (exact) mass is 228 g/mol. The summed E-state index contributed by atoms with van der Waals surface area (Å²) in [5.74, 6) is -0.139. The third-order valence-corrected chi connectivity index (χ3v) is 2.12. The molecule has 0 unspecified atom stereocenters. The lowest BCUT2D eigenvalue weighted by molar-refractivity contribution is 0.609. The molecule has 0 fully saturated rings. The molecule has 0 heterocycles. The van der Waals surface area contributed by atoms with Crippen molar-refractivity contribution >= 4 is 15.9 Å². The van der Waals surface area contributed by atoms with E-state index in [0.29, 0.717) is 0 Å². The smallest absolute Gasteiger partial charge is 0.126 e. The molecule has 0 aliphatic rings. The van der Waals surface area contributed by atoms with Crippen LogP contribution >= 0.6 is 15.9 Å². The van der Waals surface area contributed by atoms with Gasteiger partial charge in [-0.3, -0.25) is 0 Å². The molecule has 0 N–H and O–H groups in total. The van der Waals surface area contributed by atoms with E-state index < -0.39 is 0 Å². The molecule has 0 radical (unpaired) electrons. The van der Waals surface area contributed by atoms with E-state index in [9.17, 15) is 4.39 Å². The van der Waals surface area contributed by atoms with Gasteiger partial charge in [-0.05, 0) is 36.6 Å². The molecule has 0 amide bonds. The number of hydrogen-bond donors (Lipinski definition) is 0. The zero-order chi connectivity index (χ0) is 8.97. The van der Waals surface area contributed by atoms with Crippen LogP contribution in [0.25, 0.3) is 0 Å². The van der Waals surface area contributed by atoms with Gasteiger partial charge < -0.3 is 0 Å². The van der Waals surface area contributed by atoms with Crippen molar-refractivity contribution in [1.29, 1.82) is 0 Å². The van der Waals surface area contributed by atoms with Crippen molar-refractivity contribution in [3.63, 3.8) is 0 Å².